The van der Waals surface area contributed by atoms with Crippen molar-refractivity contribution in [1.29, 1.82) is 0 Å². The summed E-state index contributed by atoms with van der Waals surface area (Å²) in [6.45, 7) is 9.01. The first-order valence-corrected chi connectivity index (χ1v) is 5.09. The van der Waals surface area contributed by atoms with Crippen LogP contribution in [0.5, 0.6) is 0 Å². The van der Waals surface area contributed by atoms with E-state index in [0.29, 0.717) is 5.92 Å². The Labute approximate surface area is 81.2 Å². The topological polar surface area (TPSA) is 23.5 Å². The first kappa shape index (κ1) is 10.7. The van der Waals surface area contributed by atoms with Gasteiger partial charge in [-0.25, -0.2) is 0 Å². The lowest BCUT2D eigenvalue weighted by molar-refractivity contribution is 0.00982. The molecule has 0 saturated heterocycles. The second-order valence-electron chi connectivity index (χ2n) is 4.76. The fourth-order valence-electron chi connectivity index (χ4n) is 2.08. The van der Waals surface area contributed by atoms with Crippen LogP contribution in [-0.2, 0) is 0 Å². The van der Waals surface area contributed by atoms with Crippen molar-refractivity contribution in [2.75, 3.05) is 19.6 Å². The van der Waals surface area contributed by atoms with Gasteiger partial charge in [0, 0.05) is 19.6 Å². The maximum atomic E-state index is 10.1. The molecule has 0 radical (unpaired) electrons. The van der Waals surface area contributed by atoms with Gasteiger partial charge in [-0.05, 0) is 19.3 Å². The molecule has 1 N–H and O–H groups in total. The van der Waals surface area contributed by atoms with Crippen LogP contribution in [0.3, 0.4) is 0 Å². The Bertz CT molecular complexity index is 177. The van der Waals surface area contributed by atoms with E-state index in [1.807, 2.05) is 6.92 Å². The molecule has 76 valence electrons. The third kappa shape index (κ3) is 3.92. The summed E-state index contributed by atoms with van der Waals surface area (Å²) in [6.07, 6.45) is 5.19. The fourth-order valence-corrected chi connectivity index (χ4v) is 2.08. The van der Waals surface area contributed by atoms with Gasteiger partial charge in [0.1, 0.15) is 0 Å². The van der Waals surface area contributed by atoms with Crippen LogP contribution >= 0.6 is 0 Å². The van der Waals surface area contributed by atoms with E-state index < -0.39 is 5.60 Å². The maximum absolute atomic E-state index is 10.1. The molecule has 2 nitrogen and oxygen atoms in total. The van der Waals surface area contributed by atoms with Gasteiger partial charge in [0.05, 0.1) is 5.60 Å². The summed E-state index contributed by atoms with van der Waals surface area (Å²) in [4.78, 5) is 2.27. The zero-order valence-corrected chi connectivity index (χ0v) is 8.95. The van der Waals surface area contributed by atoms with Crippen molar-refractivity contribution < 1.29 is 5.11 Å². The predicted molar refractivity (Wildman–Crippen MR) is 55.7 cm³/mol. The Balaban J connectivity index is 2.32. The SMILES string of the molecule is CC(C)CC(C)(O)CN1CC=CC1. The van der Waals surface area contributed by atoms with E-state index in [1.165, 1.54) is 0 Å². The van der Waals surface area contributed by atoms with Gasteiger partial charge in [-0.3, -0.25) is 4.90 Å². The molecule has 2 heteroatoms. The average molecular weight is 183 g/mol. The van der Waals surface area contributed by atoms with Crippen LogP contribution in [0.15, 0.2) is 12.2 Å². The highest BCUT2D eigenvalue weighted by Crippen LogP contribution is 2.18. The van der Waals surface area contributed by atoms with E-state index in [4.69, 9.17) is 0 Å². The van der Waals surface area contributed by atoms with Crippen molar-refractivity contribution in [3.05, 3.63) is 12.2 Å². The molecule has 0 aromatic heterocycles. The smallest absolute Gasteiger partial charge is 0.0748 e. The van der Waals surface area contributed by atoms with E-state index in [1.54, 1.807) is 0 Å². The highest BCUT2D eigenvalue weighted by molar-refractivity contribution is 4.97. The molecule has 0 spiro atoms. The van der Waals surface area contributed by atoms with E-state index in [2.05, 4.69) is 30.9 Å². The molecule has 1 unspecified atom stereocenters. The number of β-amino-alcohol motifs (C(OH)–C–C–N with tert-alkyl or cyclic N) is 1. The lowest BCUT2D eigenvalue weighted by Crippen LogP contribution is -2.40. The average Bonchev–Trinajstić information content (AvgIpc) is 2.34. The van der Waals surface area contributed by atoms with Crippen LogP contribution < -0.4 is 0 Å². The molecule has 13 heavy (non-hydrogen) atoms. The minimum absolute atomic E-state index is 0.528. The van der Waals surface area contributed by atoms with E-state index in [-0.39, 0.29) is 0 Å². The molecular weight excluding hydrogens is 162 g/mol. The molecule has 1 aliphatic heterocycles. The first-order valence-electron chi connectivity index (χ1n) is 5.09. The van der Waals surface area contributed by atoms with Crippen LogP contribution in [0.4, 0.5) is 0 Å². The van der Waals surface area contributed by atoms with Gasteiger partial charge in [0.15, 0.2) is 0 Å². The molecule has 0 aromatic carbocycles. The Hall–Kier alpha value is -0.340. The van der Waals surface area contributed by atoms with Crippen molar-refractivity contribution in [2.24, 2.45) is 5.92 Å². The van der Waals surface area contributed by atoms with Gasteiger partial charge >= 0.3 is 0 Å². The summed E-state index contributed by atoms with van der Waals surface area (Å²) in [6, 6.07) is 0. The fraction of sp³-hybridized carbons (Fsp3) is 0.818. The number of hydrogen-bond donors (Lipinski definition) is 1. The number of rotatable bonds is 4. The minimum Gasteiger partial charge on any atom is -0.389 e. The summed E-state index contributed by atoms with van der Waals surface area (Å²) in [5.74, 6) is 0.561. The largest absolute Gasteiger partial charge is 0.389 e. The second kappa shape index (κ2) is 4.25. The number of nitrogens with zero attached hydrogens (tertiary/aromatic N) is 1. The summed E-state index contributed by atoms with van der Waals surface area (Å²) in [7, 11) is 0. The summed E-state index contributed by atoms with van der Waals surface area (Å²) in [5, 5.41) is 10.1. The maximum Gasteiger partial charge on any atom is 0.0748 e. The zero-order valence-electron chi connectivity index (χ0n) is 8.95. The molecule has 1 aliphatic rings. The Morgan fingerprint density at radius 1 is 1.38 bits per heavy atom. The predicted octanol–water partition coefficient (Wildman–Crippen LogP) is 1.66. The molecule has 0 amide bonds. The minimum atomic E-state index is -0.528. The molecule has 1 rings (SSSR count). The van der Waals surface area contributed by atoms with Crippen LogP contribution in [0, 0.1) is 5.92 Å². The highest BCUT2D eigenvalue weighted by atomic mass is 16.3. The molecule has 0 fully saturated rings. The van der Waals surface area contributed by atoms with Crippen LogP contribution in [0.25, 0.3) is 0 Å². The van der Waals surface area contributed by atoms with Crippen LogP contribution in [-0.4, -0.2) is 35.2 Å². The molecule has 1 atom stereocenters. The van der Waals surface area contributed by atoms with Crippen molar-refractivity contribution in [3.8, 4) is 0 Å². The highest BCUT2D eigenvalue weighted by Gasteiger charge is 2.25. The normalized spacial score (nSPS) is 22.5. The molecular formula is C11H21NO. The van der Waals surface area contributed by atoms with Crippen molar-refractivity contribution in [1.82, 2.24) is 4.90 Å². The Morgan fingerprint density at radius 3 is 2.38 bits per heavy atom. The Kier molecular flexibility index (Phi) is 3.51. The molecule has 0 aliphatic carbocycles. The molecule has 0 aromatic rings. The van der Waals surface area contributed by atoms with Gasteiger partial charge in [0.2, 0.25) is 0 Å². The lowest BCUT2D eigenvalue weighted by atomic mass is 9.94. The second-order valence-corrected chi connectivity index (χ2v) is 4.76. The third-order valence-corrected chi connectivity index (χ3v) is 2.31. The summed E-state index contributed by atoms with van der Waals surface area (Å²) < 4.78 is 0. The molecule has 0 saturated carbocycles. The van der Waals surface area contributed by atoms with Crippen molar-refractivity contribution >= 4 is 0 Å². The first-order chi connectivity index (χ1) is 5.99. The summed E-state index contributed by atoms with van der Waals surface area (Å²) >= 11 is 0. The van der Waals surface area contributed by atoms with Gasteiger partial charge in [-0.2, -0.15) is 0 Å². The molecule has 1 heterocycles. The summed E-state index contributed by atoms with van der Waals surface area (Å²) in [5.41, 5.74) is -0.528. The standard InChI is InChI=1S/C11H21NO/c1-10(2)8-11(3,13)9-12-6-4-5-7-12/h4-5,10,13H,6-9H2,1-3H3. The zero-order chi connectivity index (χ0) is 9.90. The van der Waals surface area contributed by atoms with Gasteiger partial charge in [-0.15, -0.1) is 0 Å². The third-order valence-electron chi connectivity index (χ3n) is 2.31. The van der Waals surface area contributed by atoms with E-state index in [9.17, 15) is 5.11 Å². The quantitative estimate of drug-likeness (QED) is 0.670. The monoisotopic (exact) mass is 183 g/mol. The van der Waals surface area contributed by atoms with Gasteiger partial charge in [-0.1, -0.05) is 26.0 Å². The van der Waals surface area contributed by atoms with E-state index in [0.717, 1.165) is 26.1 Å². The number of hydrogen-bond acceptors (Lipinski definition) is 2. The van der Waals surface area contributed by atoms with E-state index >= 15 is 0 Å². The van der Waals surface area contributed by atoms with Crippen molar-refractivity contribution in [2.45, 2.75) is 32.8 Å². The van der Waals surface area contributed by atoms with Crippen molar-refractivity contribution in [3.63, 3.8) is 0 Å². The van der Waals surface area contributed by atoms with Crippen LogP contribution in [0.2, 0.25) is 0 Å². The molecule has 0 bridgehead atoms. The van der Waals surface area contributed by atoms with Gasteiger partial charge < -0.3 is 5.11 Å². The Morgan fingerprint density at radius 2 is 1.92 bits per heavy atom. The lowest BCUT2D eigenvalue weighted by Gasteiger charge is -2.30. The van der Waals surface area contributed by atoms with Gasteiger partial charge in [0.25, 0.3) is 0 Å². The van der Waals surface area contributed by atoms with Crippen LogP contribution in [0.1, 0.15) is 27.2 Å². The number of aliphatic hydroxyl groups is 1.